The maximum absolute atomic E-state index is 4.99. The molecular weight excluding hydrogens is 687 g/mol. The fourth-order valence-electron chi connectivity index (χ4n) is 7.74. The lowest BCUT2D eigenvalue weighted by atomic mass is 10.0. The fraction of sp³-hybridized carbons (Fsp3) is 0. The molecule has 0 bridgehead atoms. The Morgan fingerprint density at radius 1 is 0.357 bits per heavy atom. The zero-order valence-corrected chi connectivity index (χ0v) is 30.0. The van der Waals surface area contributed by atoms with Crippen LogP contribution in [0, 0.1) is 0 Å². The van der Waals surface area contributed by atoms with Gasteiger partial charge in [0.1, 0.15) is 0 Å². The van der Waals surface area contributed by atoms with E-state index in [4.69, 9.17) is 25.0 Å². The van der Waals surface area contributed by atoms with Gasteiger partial charge in [0.05, 0.1) is 17.2 Å². The van der Waals surface area contributed by atoms with Crippen molar-refractivity contribution in [1.29, 1.82) is 0 Å². The standard InChI is InChI=1S/C49H31N7/c1-4-15-33(16-5-1)46-51-47(34-17-6-2-7-18-34)53-48(52-46)38-23-12-21-36(28-38)37-22-13-24-39(29-37)56-42-27-26-32-14-10-11-25-40(32)45(42)41-30-44-50-49(35-19-8-3-9-20-35)54-55(44)31-43(41)56/h1-31H. The number of pyridine rings is 1. The van der Waals surface area contributed by atoms with Crippen molar-refractivity contribution in [3.05, 3.63) is 188 Å². The molecule has 0 fully saturated rings. The van der Waals surface area contributed by atoms with Crippen LogP contribution in [-0.4, -0.2) is 34.1 Å². The molecule has 0 aliphatic rings. The third-order valence-corrected chi connectivity index (χ3v) is 10.4. The van der Waals surface area contributed by atoms with E-state index in [1.54, 1.807) is 0 Å². The van der Waals surface area contributed by atoms with Gasteiger partial charge in [0.25, 0.3) is 0 Å². The highest BCUT2D eigenvalue weighted by Gasteiger charge is 2.19. The number of benzene rings is 7. The van der Waals surface area contributed by atoms with Crippen molar-refractivity contribution >= 4 is 38.2 Å². The maximum Gasteiger partial charge on any atom is 0.182 e. The quantitative estimate of drug-likeness (QED) is 0.171. The van der Waals surface area contributed by atoms with E-state index < -0.39 is 0 Å². The first-order valence-electron chi connectivity index (χ1n) is 18.6. The molecular formula is C49H31N7. The minimum atomic E-state index is 0.622. The Hall–Kier alpha value is -7.77. The van der Waals surface area contributed by atoms with Crippen LogP contribution in [-0.2, 0) is 0 Å². The highest BCUT2D eigenvalue weighted by molar-refractivity contribution is 6.21. The summed E-state index contributed by atoms with van der Waals surface area (Å²) < 4.78 is 4.25. The average molecular weight is 718 g/mol. The third kappa shape index (κ3) is 5.41. The molecule has 7 aromatic carbocycles. The van der Waals surface area contributed by atoms with Gasteiger partial charge >= 0.3 is 0 Å². The molecule has 11 rings (SSSR count). The Bertz CT molecular complexity index is 3180. The van der Waals surface area contributed by atoms with Gasteiger partial charge in [0.15, 0.2) is 28.9 Å². The molecule has 7 nitrogen and oxygen atoms in total. The van der Waals surface area contributed by atoms with Crippen molar-refractivity contribution in [2.24, 2.45) is 0 Å². The summed E-state index contributed by atoms with van der Waals surface area (Å²) in [7, 11) is 0. The Kier molecular flexibility index (Phi) is 7.35. The highest BCUT2D eigenvalue weighted by atomic mass is 15.3. The molecule has 0 saturated carbocycles. The Balaban J connectivity index is 1.07. The first-order chi connectivity index (χ1) is 27.7. The maximum atomic E-state index is 4.99. The van der Waals surface area contributed by atoms with Crippen molar-refractivity contribution in [3.63, 3.8) is 0 Å². The Labute approximate surface area is 321 Å². The van der Waals surface area contributed by atoms with Crippen LogP contribution in [0.1, 0.15) is 0 Å². The van der Waals surface area contributed by atoms with E-state index >= 15 is 0 Å². The number of rotatable bonds is 6. The predicted molar refractivity (Wildman–Crippen MR) is 225 cm³/mol. The van der Waals surface area contributed by atoms with Gasteiger partial charge in [-0.05, 0) is 52.2 Å². The zero-order valence-electron chi connectivity index (χ0n) is 30.0. The van der Waals surface area contributed by atoms with Crippen molar-refractivity contribution < 1.29 is 0 Å². The van der Waals surface area contributed by atoms with E-state index in [1.165, 1.54) is 16.2 Å². The largest absolute Gasteiger partial charge is 0.308 e. The molecule has 56 heavy (non-hydrogen) atoms. The topological polar surface area (TPSA) is 73.8 Å². The summed E-state index contributed by atoms with van der Waals surface area (Å²) in [4.78, 5) is 19.8. The summed E-state index contributed by atoms with van der Waals surface area (Å²) in [6.45, 7) is 0. The van der Waals surface area contributed by atoms with Crippen LogP contribution in [0.4, 0.5) is 0 Å². The lowest BCUT2D eigenvalue weighted by Crippen LogP contribution is -2.00. The second kappa shape index (κ2) is 13.0. The second-order valence-electron chi connectivity index (χ2n) is 13.9. The Morgan fingerprint density at radius 3 is 1.61 bits per heavy atom. The summed E-state index contributed by atoms with van der Waals surface area (Å²) in [6.07, 6.45) is 2.11. The molecule has 0 amide bonds. The molecule has 11 aromatic rings. The summed E-state index contributed by atoms with van der Waals surface area (Å²) in [5.41, 5.74) is 9.93. The first kappa shape index (κ1) is 31.7. The van der Waals surface area contributed by atoms with Crippen LogP contribution in [0.3, 0.4) is 0 Å². The van der Waals surface area contributed by atoms with E-state index in [0.717, 1.165) is 61.1 Å². The lowest BCUT2D eigenvalue weighted by Gasteiger charge is -2.12. The van der Waals surface area contributed by atoms with E-state index in [1.807, 2.05) is 95.5 Å². The third-order valence-electron chi connectivity index (χ3n) is 10.4. The SMILES string of the molecule is c1ccc(-c2nc(-c3ccccc3)nc(-c3cccc(-c4cccc(-n5c6cn7nc(-c8ccccc8)nc7cc6c6c7ccccc7ccc65)c4)c3)n2)cc1. The van der Waals surface area contributed by atoms with Crippen molar-refractivity contribution in [1.82, 2.24) is 34.1 Å². The van der Waals surface area contributed by atoms with Gasteiger partial charge < -0.3 is 4.57 Å². The summed E-state index contributed by atoms with van der Waals surface area (Å²) in [6, 6.07) is 62.6. The molecule has 7 heteroatoms. The summed E-state index contributed by atoms with van der Waals surface area (Å²) in [5, 5.41) is 9.64. The first-order valence-corrected chi connectivity index (χ1v) is 18.6. The molecule has 0 N–H and O–H groups in total. The molecule has 4 aromatic heterocycles. The molecule has 0 saturated heterocycles. The van der Waals surface area contributed by atoms with Gasteiger partial charge in [-0.1, -0.05) is 152 Å². The molecule has 262 valence electrons. The van der Waals surface area contributed by atoms with Crippen LogP contribution < -0.4 is 0 Å². The van der Waals surface area contributed by atoms with Crippen LogP contribution in [0.5, 0.6) is 0 Å². The fourth-order valence-corrected chi connectivity index (χ4v) is 7.74. The molecule has 4 heterocycles. The molecule has 0 atom stereocenters. The van der Waals surface area contributed by atoms with Gasteiger partial charge in [-0.2, -0.15) is 0 Å². The van der Waals surface area contributed by atoms with E-state index in [2.05, 4.69) is 102 Å². The zero-order chi connectivity index (χ0) is 37.0. The normalized spacial score (nSPS) is 11.6. The van der Waals surface area contributed by atoms with Crippen molar-refractivity contribution in [3.8, 4) is 62.4 Å². The van der Waals surface area contributed by atoms with Gasteiger partial charge in [0.2, 0.25) is 0 Å². The molecule has 0 unspecified atom stereocenters. The smallest absolute Gasteiger partial charge is 0.182 e. The lowest BCUT2D eigenvalue weighted by molar-refractivity contribution is 0.967. The van der Waals surface area contributed by atoms with Crippen LogP contribution in [0.15, 0.2) is 188 Å². The monoisotopic (exact) mass is 717 g/mol. The van der Waals surface area contributed by atoms with Crippen LogP contribution in [0.2, 0.25) is 0 Å². The number of nitrogens with zero attached hydrogens (tertiary/aromatic N) is 7. The molecule has 0 aliphatic carbocycles. The Morgan fingerprint density at radius 2 is 0.911 bits per heavy atom. The van der Waals surface area contributed by atoms with Crippen molar-refractivity contribution in [2.75, 3.05) is 0 Å². The number of hydrogen-bond acceptors (Lipinski definition) is 5. The number of fused-ring (bicyclic) bond motifs is 6. The minimum absolute atomic E-state index is 0.622. The van der Waals surface area contributed by atoms with Crippen molar-refractivity contribution in [2.45, 2.75) is 0 Å². The minimum Gasteiger partial charge on any atom is -0.308 e. The second-order valence-corrected chi connectivity index (χ2v) is 13.9. The molecule has 0 aliphatic heterocycles. The number of aromatic nitrogens is 7. The summed E-state index contributed by atoms with van der Waals surface area (Å²) in [5.74, 6) is 2.60. The van der Waals surface area contributed by atoms with E-state index in [9.17, 15) is 0 Å². The van der Waals surface area contributed by atoms with E-state index in [-0.39, 0.29) is 0 Å². The highest BCUT2D eigenvalue weighted by Crippen LogP contribution is 2.38. The van der Waals surface area contributed by atoms with Gasteiger partial charge in [-0.25, -0.2) is 24.5 Å². The predicted octanol–water partition coefficient (Wildman–Crippen LogP) is 11.5. The van der Waals surface area contributed by atoms with Gasteiger partial charge in [-0.3, -0.25) is 0 Å². The van der Waals surface area contributed by atoms with Crippen LogP contribution >= 0.6 is 0 Å². The van der Waals surface area contributed by atoms with Crippen LogP contribution in [0.25, 0.3) is 101 Å². The van der Waals surface area contributed by atoms with Gasteiger partial charge in [0, 0.05) is 38.7 Å². The summed E-state index contributed by atoms with van der Waals surface area (Å²) >= 11 is 0. The van der Waals surface area contributed by atoms with E-state index in [0.29, 0.717) is 23.3 Å². The van der Waals surface area contributed by atoms with Gasteiger partial charge in [-0.15, -0.1) is 5.10 Å². The average Bonchev–Trinajstić information content (AvgIpc) is 3.85. The molecule has 0 radical (unpaired) electrons. The molecule has 0 spiro atoms. The number of hydrogen-bond donors (Lipinski definition) is 0.